The quantitative estimate of drug-likeness (QED) is 0.196. The number of aromatic amines is 1. The molecule has 0 radical (unpaired) electrons. The molecule has 2 heterocycles. The maximum Gasteiger partial charge on any atom is 0.514 e. The molecule has 1 saturated carbocycles. The summed E-state index contributed by atoms with van der Waals surface area (Å²) in [5, 5.41) is 21.4. The normalized spacial score (nSPS) is 21.2. The molecule has 0 amide bonds. The molecule has 2 aromatic carbocycles. The predicted octanol–water partition coefficient (Wildman–Crippen LogP) is 4.98. The number of nitrogens with one attached hydrogen (secondary N) is 2. The number of anilines is 2. The first kappa shape index (κ1) is 24.8. The minimum atomic E-state index is -3.27. The van der Waals surface area contributed by atoms with Crippen LogP contribution in [0.2, 0.25) is 0 Å². The molecular weight excluding hydrogens is 500 g/mol. The summed E-state index contributed by atoms with van der Waals surface area (Å²) in [6.45, 7) is 3.85. The summed E-state index contributed by atoms with van der Waals surface area (Å²) in [4.78, 5) is 22.7. The summed E-state index contributed by atoms with van der Waals surface area (Å²) in [6.07, 6.45) is 0.879. The molecule has 2 atom stereocenters. The van der Waals surface area contributed by atoms with Gasteiger partial charge in [-0.2, -0.15) is 5.10 Å². The van der Waals surface area contributed by atoms with Gasteiger partial charge in [-0.3, -0.25) is 15.2 Å². The van der Waals surface area contributed by atoms with E-state index in [0.29, 0.717) is 23.6 Å². The highest BCUT2D eigenvalue weighted by atomic mass is 32.2. The fourth-order valence-electron chi connectivity index (χ4n) is 5.02. The number of fused-ring (bicyclic) bond motifs is 1. The fraction of sp³-hybridized carbons (Fsp3) is 0.360. The second-order valence-corrected chi connectivity index (χ2v) is 12.0. The number of H-pyrrole nitrogens is 1. The van der Waals surface area contributed by atoms with Crippen molar-refractivity contribution >= 4 is 33.2 Å². The highest BCUT2D eigenvalue weighted by molar-refractivity contribution is 7.91. The van der Waals surface area contributed by atoms with E-state index in [9.17, 15) is 23.3 Å². The van der Waals surface area contributed by atoms with Crippen molar-refractivity contribution in [1.29, 1.82) is 0 Å². The van der Waals surface area contributed by atoms with Crippen LogP contribution in [0, 0.1) is 10.1 Å². The Morgan fingerprint density at radius 2 is 1.92 bits per heavy atom. The molecule has 37 heavy (non-hydrogen) atoms. The van der Waals surface area contributed by atoms with Crippen LogP contribution in [0.1, 0.15) is 50.3 Å². The SMILES string of the molecule is CC1(C)CS(=O)(=O)c2ccc(Nc3cc([C@H]4CC[C@@H](OC(=O)Oc5ccc([N+](=O)[O-])cc5)C4)[nH]n3)cc21. The lowest BCUT2D eigenvalue weighted by Gasteiger charge is -2.17. The van der Waals surface area contributed by atoms with Crippen molar-refractivity contribution in [2.75, 3.05) is 11.1 Å². The van der Waals surface area contributed by atoms with Crippen LogP contribution in [0.4, 0.5) is 22.0 Å². The van der Waals surface area contributed by atoms with E-state index < -0.39 is 26.3 Å². The zero-order valence-corrected chi connectivity index (χ0v) is 21.1. The Kier molecular flexibility index (Phi) is 6.14. The molecule has 1 fully saturated rings. The van der Waals surface area contributed by atoms with Crippen molar-refractivity contribution in [3.8, 4) is 5.75 Å². The van der Waals surface area contributed by atoms with Crippen molar-refractivity contribution in [2.45, 2.75) is 55.4 Å². The number of nitro benzene ring substituents is 1. The van der Waals surface area contributed by atoms with E-state index in [1.807, 2.05) is 26.0 Å². The van der Waals surface area contributed by atoms with E-state index >= 15 is 0 Å². The molecule has 194 valence electrons. The van der Waals surface area contributed by atoms with E-state index in [1.165, 1.54) is 24.3 Å². The Labute approximate surface area is 213 Å². The second kappa shape index (κ2) is 9.18. The summed E-state index contributed by atoms with van der Waals surface area (Å²) < 4.78 is 35.4. The van der Waals surface area contributed by atoms with Gasteiger partial charge in [0.1, 0.15) is 11.9 Å². The van der Waals surface area contributed by atoms with Gasteiger partial charge in [0.05, 0.1) is 15.6 Å². The smallest absolute Gasteiger partial charge is 0.431 e. The van der Waals surface area contributed by atoms with Gasteiger partial charge in [0.2, 0.25) is 0 Å². The highest BCUT2D eigenvalue weighted by Gasteiger charge is 2.40. The van der Waals surface area contributed by atoms with Crippen LogP contribution in [0.5, 0.6) is 5.75 Å². The average molecular weight is 527 g/mol. The standard InChI is InChI=1S/C25H26N4O7S/c1-25(2)14-37(33,34)22-10-4-16(12-20(22)25)26-23-13-21(27-28-23)15-3-7-19(11-15)36-24(30)35-18-8-5-17(6-9-18)29(31)32/h4-6,8-10,12-13,15,19H,3,7,11,14H2,1-2H3,(H2,26,27,28)/t15-,19+/m0/s1. The number of carbonyl (C=O) groups is 1. The number of ether oxygens (including phenoxy) is 2. The molecule has 1 aromatic heterocycles. The molecule has 2 N–H and O–H groups in total. The lowest BCUT2D eigenvalue weighted by molar-refractivity contribution is -0.384. The highest BCUT2D eigenvalue weighted by Crippen LogP contribution is 2.41. The Balaban J connectivity index is 1.17. The second-order valence-electron chi connectivity index (χ2n) is 10.0. The van der Waals surface area contributed by atoms with Gasteiger partial charge in [0.15, 0.2) is 15.7 Å². The number of rotatable bonds is 6. The number of nitro groups is 1. The molecule has 1 aliphatic carbocycles. The topological polar surface area (TPSA) is 154 Å². The molecule has 0 saturated heterocycles. The molecule has 5 rings (SSSR count). The molecule has 3 aromatic rings. The minimum Gasteiger partial charge on any atom is -0.431 e. The summed E-state index contributed by atoms with van der Waals surface area (Å²) >= 11 is 0. The van der Waals surface area contributed by atoms with Gasteiger partial charge in [-0.15, -0.1) is 0 Å². The Hall–Kier alpha value is -3.93. The Bertz CT molecular complexity index is 1460. The third kappa shape index (κ3) is 5.15. The van der Waals surface area contributed by atoms with Crippen molar-refractivity contribution in [1.82, 2.24) is 10.2 Å². The summed E-state index contributed by atoms with van der Waals surface area (Å²) in [5.74, 6) is 0.986. The monoisotopic (exact) mass is 526 g/mol. The van der Waals surface area contributed by atoms with Gasteiger partial charge < -0.3 is 14.8 Å². The molecule has 0 spiro atoms. The molecule has 0 unspecified atom stereocenters. The first-order chi connectivity index (χ1) is 17.5. The molecule has 0 bridgehead atoms. The van der Waals surface area contributed by atoms with Crippen LogP contribution >= 0.6 is 0 Å². The molecular formula is C25H26N4O7S. The van der Waals surface area contributed by atoms with E-state index in [2.05, 4.69) is 15.5 Å². The van der Waals surface area contributed by atoms with Crippen LogP contribution in [0.3, 0.4) is 0 Å². The van der Waals surface area contributed by atoms with E-state index in [1.54, 1.807) is 12.1 Å². The lowest BCUT2D eigenvalue weighted by Crippen LogP contribution is -2.19. The zero-order valence-electron chi connectivity index (χ0n) is 20.3. The summed E-state index contributed by atoms with van der Waals surface area (Å²) in [6, 6.07) is 12.3. The van der Waals surface area contributed by atoms with Gasteiger partial charge in [-0.05, 0) is 55.2 Å². The lowest BCUT2D eigenvalue weighted by atomic mass is 9.87. The number of non-ortho nitro benzene ring substituents is 1. The fourth-order valence-corrected chi connectivity index (χ4v) is 7.22. The van der Waals surface area contributed by atoms with Crippen molar-refractivity contribution < 1.29 is 27.6 Å². The largest absolute Gasteiger partial charge is 0.514 e. The van der Waals surface area contributed by atoms with Gasteiger partial charge in [0.25, 0.3) is 5.69 Å². The number of benzene rings is 2. The molecule has 2 aliphatic rings. The molecule has 1 aliphatic heterocycles. The molecule has 12 heteroatoms. The van der Waals surface area contributed by atoms with Crippen LogP contribution in [-0.4, -0.2) is 41.6 Å². The van der Waals surface area contributed by atoms with Crippen LogP contribution < -0.4 is 10.1 Å². The first-order valence-electron chi connectivity index (χ1n) is 11.8. The Morgan fingerprint density at radius 3 is 2.65 bits per heavy atom. The zero-order chi connectivity index (χ0) is 26.4. The first-order valence-corrected chi connectivity index (χ1v) is 13.5. The average Bonchev–Trinajstić information content (AvgIpc) is 3.51. The van der Waals surface area contributed by atoms with Crippen LogP contribution in [0.25, 0.3) is 0 Å². The minimum absolute atomic E-state index is 0.0949. The van der Waals surface area contributed by atoms with Gasteiger partial charge in [0, 0.05) is 40.9 Å². The van der Waals surface area contributed by atoms with E-state index in [0.717, 1.165) is 23.4 Å². The van der Waals surface area contributed by atoms with E-state index in [-0.39, 0.29) is 29.2 Å². The van der Waals surface area contributed by atoms with Gasteiger partial charge in [-0.25, -0.2) is 13.2 Å². The maximum atomic E-state index is 12.4. The number of aromatic nitrogens is 2. The third-order valence-corrected chi connectivity index (χ3v) is 8.93. The number of hydrogen-bond donors (Lipinski definition) is 2. The van der Waals surface area contributed by atoms with Crippen molar-refractivity contribution in [3.05, 3.63) is 69.9 Å². The van der Waals surface area contributed by atoms with Crippen LogP contribution in [0.15, 0.2) is 53.4 Å². The molecule has 11 nitrogen and oxygen atoms in total. The number of nitrogens with zero attached hydrogens (tertiary/aromatic N) is 2. The van der Waals surface area contributed by atoms with Crippen molar-refractivity contribution in [2.24, 2.45) is 0 Å². The third-order valence-electron chi connectivity index (χ3n) is 6.80. The number of hydrogen-bond acceptors (Lipinski definition) is 9. The maximum absolute atomic E-state index is 12.4. The Morgan fingerprint density at radius 1 is 1.16 bits per heavy atom. The number of carbonyl (C=O) groups excluding carboxylic acids is 1. The van der Waals surface area contributed by atoms with Crippen LogP contribution in [-0.2, 0) is 20.0 Å². The van der Waals surface area contributed by atoms with Gasteiger partial charge >= 0.3 is 6.16 Å². The van der Waals surface area contributed by atoms with Crippen molar-refractivity contribution in [3.63, 3.8) is 0 Å². The van der Waals surface area contributed by atoms with E-state index in [4.69, 9.17) is 9.47 Å². The van der Waals surface area contributed by atoms with Gasteiger partial charge in [-0.1, -0.05) is 13.8 Å². The predicted molar refractivity (Wildman–Crippen MR) is 134 cm³/mol. The number of sulfone groups is 1. The summed E-state index contributed by atoms with van der Waals surface area (Å²) in [7, 11) is -3.27. The summed E-state index contributed by atoms with van der Waals surface area (Å²) in [5.41, 5.74) is 1.90.